The van der Waals surface area contributed by atoms with Gasteiger partial charge in [-0.2, -0.15) is 0 Å². The van der Waals surface area contributed by atoms with E-state index >= 15 is 0 Å². The Morgan fingerprint density at radius 3 is 2.55 bits per heavy atom. The zero-order valence-corrected chi connectivity index (χ0v) is 12.0. The van der Waals surface area contributed by atoms with Gasteiger partial charge < -0.3 is 10.6 Å². The van der Waals surface area contributed by atoms with E-state index in [1.54, 1.807) is 0 Å². The Morgan fingerprint density at radius 1 is 1.25 bits per heavy atom. The lowest BCUT2D eigenvalue weighted by atomic mass is 9.87. The van der Waals surface area contributed by atoms with E-state index in [9.17, 15) is 4.79 Å². The van der Waals surface area contributed by atoms with E-state index in [-0.39, 0.29) is 11.8 Å². The van der Waals surface area contributed by atoms with Crippen molar-refractivity contribution < 1.29 is 9.63 Å². The van der Waals surface area contributed by atoms with Crippen molar-refractivity contribution in [3.8, 4) is 0 Å². The summed E-state index contributed by atoms with van der Waals surface area (Å²) in [5.74, 6) is 0.404. The summed E-state index contributed by atoms with van der Waals surface area (Å²) in [6.07, 6.45) is 6.40. The molecule has 1 aromatic carbocycles. The molecule has 1 saturated carbocycles. The number of hydrogen-bond donors (Lipinski definition) is 1. The number of rotatable bonds is 4. The molecule has 0 spiro atoms. The molecule has 108 valence electrons. The highest BCUT2D eigenvalue weighted by atomic mass is 16.7. The number of amidine groups is 1. The summed E-state index contributed by atoms with van der Waals surface area (Å²) in [5, 5.41) is 3.73. The van der Waals surface area contributed by atoms with Gasteiger partial charge in [0, 0.05) is 5.56 Å². The molecule has 0 heterocycles. The van der Waals surface area contributed by atoms with Gasteiger partial charge in [0.25, 0.3) is 0 Å². The number of benzene rings is 1. The molecule has 1 aliphatic rings. The van der Waals surface area contributed by atoms with Crippen LogP contribution in [0.3, 0.4) is 0 Å². The maximum atomic E-state index is 11.7. The van der Waals surface area contributed by atoms with Crippen molar-refractivity contribution in [1.29, 1.82) is 0 Å². The molecule has 20 heavy (non-hydrogen) atoms. The molecule has 1 aromatic rings. The average molecular weight is 274 g/mol. The molecule has 1 fully saturated rings. The summed E-state index contributed by atoms with van der Waals surface area (Å²) in [5.41, 5.74) is 7.71. The van der Waals surface area contributed by atoms with E-state index < -0.39 is 0 Å². The minimum Gasteiger partial charge on any atom is -0.380 e. The van der Waals surface area contributed by atoms with E-state index in [2.05, 4.69) is 5.16 Å². The molecule has 0 bridgehead atoms. The zero-order valence-electron chi connectivity index (χ0n) is 12.0. The normalized spacial score (nSPS) is 16.9. The first kappa shape index (κ1) is 14.6. The van der Waals surface area contributed by atoms with Gasteiger partial charge in [-0.25, -0.2) is 4.79 Å². The third-order valence-corrected chi connectivity index (χ3v) is 3.77. The molecule has 0 radical (unpaired) electrons. The molecule has 0 saturated heterocycles. The first-order chi connectivity index (χ1) is 9.65. The smallest absolute Gasteiger partial charge is 0.335 e. The predicted octanol–water partition coefficient (Wildman–Crippen LogP) is 3.13. The number of aryl methyl sites for hydroxylation is 1. The minimum absolute atomic E-state index is 0.238. The van der Waals surface area contributed by atoms with E-state index in [1.807, 2.05) is 31.2 Å². The van der Waals surface area contributed by atoms with Crippen LogP contribution in [0.2, 0.25) is 0 Å². The predicted molar refractivity (Wildman–Crippen MR) is 79.2 cm³/mol. The summed E-state index contributed by atoms with van der Waals surface area (Å²) in [7, 11) is 0. The van der Waals surface area contributed by atoms with Crippen LogP contribution in [0.15, 0.2) is 29.4 Å². The molecular weight excluding hydrogens is 252 g/mol. The zero-order chi connectivity index (χ0) is 14.4. The third-order valence-electron chi connectivity index (χ3n) is 3.77. The number of hydrogen-bond acceptors (Lipinski definition) is 3. The van der Waals surface area contributed by atoms with Crippen LogP contribution in [0.4, 0.5) is 0 Å². The molecule has 0 amide bonds. The second-order valence-electron chi connectivity index (χ2n) is 5.51. The summed E-state index contributed by atoms with van der Waals surface area (Å²) < 4.78 is 0. The van der Waals surface area contributed by atoms with E-state index in [1.165, 1.54) is 19.3 Å². The van der Waals surface area contributed by atoms with Gasteiger partial charge in [-0.3, -0.25) is 0 Å². The van der Waals surface area contributed by atoms with Crippen LogP contribution in [0, 0.1) is 12.8 Å². The Hall–Kier alpha value is -1.84. The fraction of sp³-hybridized carbons (Fsp3) is 0.500. The number of nitrogens with zero attached hydrogens (tertiary/aromatic N) is 1. The third kappa shape index (κ3) is 4.37. The van der Waals surface area contributed by atoms with Gasteiger partial charge in [0.15, 0.2) is 5.84 Å². The lowest BCUT2D eigenvalue weighted by Crippen LogP contribution is -2.17. The monoisotopic (exact) mass is 274 g/mol. The van der Waals surface area contributed by atoms with Crippen molar-refractivity contribution in [2.24, 2.45) is 16.8 Å². The molecule has 2 rings (SSSR count). The van der Waals surface area contributed by atoms with Crippen LogP contribution < -0.4 is 5.73 Å². The highest BCUT2D eigenvalue weighted by Crippen LogP contribution is 2.26. The van der Waals surface area contributed by atoms with Gasteiger partial charge in [0.1, 0.15) is 0 Å². The van der Waals surface area contributed by atoms with Crippen molar-refractivity contribution in [2.45, 2.75) is 45.4 Å². The van der Waals surface area contributed by atoms with Crippen LogP contribution in [0.25, 0.3) is 0 Å². The van der Waals surface area contributed by atoms with Gasteiger partial charge >= 0.3 is 5.97 Å². The second kappa shape index (κ2) is 7.08. The fourth-order valence-electron chi connectivity index (χ4n) is 2.54. The van der Waals surface area contributed by atoms with Crippen LogP contribution in [-0.4, -0.2) is 11.8 Å². The largest absolute Gasteiger partial charge is 0.380 e. The highest BCUT2D eigenvalue weighted by molar-refractivity contribution is 5.97. The number of carbonyl (C=O) groups is 1. The van der Waals surface area contributed by atoms with E-state index in [0.29, 0.717) is 12.3 Å². The van der Waals surface area contributed by atoms with Gasteiger partial charge in [-0.15, -0.1) is 0 Å². The van der Waals surface area contributed by atoms with Gasteiger partial charge in [-0.05, 0) is 25.7 Å². The van der Waals surface area contributed by atoms with Crippen molar-refractivity contribution in [1.82, 2.24) is 0 Å². The summed E-state index contributed by atoms with van der Waals surface area (Å²) in [4.78, 5) is 16.6. The molecule has 1 aliphatic carbocycles. The van der Waals surface area contributed by atoms with Crippen LogP contribution in [0.5, 0.6) is 0 Å². The van der Waals surface area contributed by atoms with Crippen LogP contribution in [-0.2, 0) is 9.63 Å². The molecule has 2 N–H and O–H groups in total. The lowest BCUT2D eigenvalue weighted by molar-refractivity contribution is -0.145. The second-order valence-corrected chi connectivity index (χ2v) is 5.51. The van der Waals surface area contributed by atoms with Crippen molar-refractivity contribution in [3.05, 3.63) is 35.4 Å². The molecule has 0 atom stereocenters. The standard InChI is InChI=1S/C16H22N2O2/c1-12-7-9-14(10-8-12)16(17)18-20-15(19)11-13-5-3-2-4-6-13/h7-10,13H,2-6,11H2,1H3,(H2,17,18). The van der Waals surface area contributed by atoms with E-state index in [4.69, 9.17) is 10.6 Å². The SMILES string of the molecule is Cc1ccc(/C(N)=N\OC(=O)CC2CCCCC2)cc1. The molecule has 0 aliphatic heterocycles. The Morgan fingerprint density at radius 2 is 1.90 bits per heavy atom. The van der Waals surface area contributed by atoms with Gasteiger partial charge in [-0.1, -0.05) is 54.2 Å². The van der Waals surface area contributed by atoms with Crippen molar-refractivity contribution >= 4 is 11.8 Å². The molecule has 4 nitrogen and oxygen atoms in total. The van der Waals surface area contributed by atoms with Crippen molar-refractivity contribution in [2.75, 3.05) is 0 Å². The first-order valence-corrected chi connectivity index (χ1v) is 7.25. The maximum absolute atomic E-state index is 11.7. The Bertz CT molecular complexity index is 474. The van der Waals surface area contributed by atoms with Gasteiger partial charge in [0.05, 0.1) is 6.42 Å². The first-order valence-electron chi connectivity index (χ1n) is 7.25. The summed E-state index contributed by atoms with van der Waals surface area (Å²) in [6, 6.07) is 7.62. The Labute approximate surface area is 120 Å². The minimum atomic E-state index is -0.285. The Kier molecular flexibility index (Phi) is 5.16. The molecule has 0 aromatic heterocycles. The Balaban J connectivity index is 1.84. The topological polar surface area (TPSA) is 64.7 Å². The molecule has 0 unspecified atom stereocenters. The van der Waals surface area contributed by atoms with Crippen LogP contribution >= 0.6 is 0 Å². The summed E-state index contributed by atoms with van der Waals surface area (Å²) >= 11 is 0. The van der Waals surface area contributed by atoms with Crippen LogP contribution in [0.1, 0.15) is 49.7 Å². The summed E-state index contributed by atoms with van der Waals surface area (Å²) in [6.45, 7) is 2.00. The van der Waals surface area contributed by atoms with Gasteiger partial charge in [0.2, 0.25) is 0 Å². The molecular formula is C16H22N2O2. The quantitative estimate of drug-likeness (QED) is 0.397. The highest BCUT2D eigenvalue weighted by Gasteiger charge is 2.18. The number of carbonyl (C=O) groups excluding carboxylic acids is 1. The fourth-order valence-corrected chi connectivity index (χ4v) is 2.54. The number of oxime groups is 1. The van der Waals surface area contributed by atoms with E-state index in [0.717, 1.165) is 24.0 Å². The molecule has 4 heteroatoms. The van der Waals surface area contributed by atoms with Crippen molar-refractivity contribution in [3.63, 3.8) is 0 Å². The average Bonchev–Trinajstić information content (AvgIpc) is 2.46. The lowest BCUT2D eigenvalue weighted by Gasteiger charge is -2.19. The maximum Gasteiger partial charge on any atom is 0.335 e. The number of nitrogens with two attached hydrogens (primary N) is 1.